The Labute approximate surface area is 147 Å². The van der Waals surface area contributed by atoms with Crippen LogP contribution < -0.4 is 0 Å². The van der Waals surface area contributed by atoms with Crippen LogP contribution in [0.3, 0.4) is 0 Å². The summed E-state index contributed by atoms with van der Waals surface area (Å²) in [6.45, 7) is 9.62. The summed E-state index contributed by atoms with van der Waals surface area (Å²) in [5, 5.41) is 1.40. The van der Waals surface area contributed by atoms with Gasteiger partial charge in [-0.25, -0.2) is 9.97 Å². The van der Waals surface area contributed by atoms with Crippen LogP contribution in [0.1, 0.15) is 47.3 Å². The van der Waals surface area contributed by atoms with Gasteiger partial charge in [0.2, 0.25) is 0 Å². The average molecular weight is 337 g/mol. The highest BCUT2D eigenvalue weighted by Crippen LogP contribution is 2.32. The van der Waals surface area contributed by atoms with E-state index < -0.39 is 0 Å². The number of rotatable bonds is 3. The van der Waals surface area contributed by atoms with Crippen molar-refractivity contribution < 1.29 is 0 Å². The molecule has 3 aromatic rings. The minimum atomic E-state index is 0.398. The predicted octanol–water partition coefficient (Wildman–Crippen LogP) is 4.68. The van der Waals surface area contributed by atoms with Gasteiger partial charge in [-0.1, -0.05) is 32.0 Å². The highest BCUT2D eigenvalue weighted by molar-refractivity contribution is 7.19. The number of thiophene rings is 1. The molecule has 1 aliphatic rings. The van der Waals surface area contributed by atoms with Crippen LogP contribution in [0.15, 0.2) is 30.5 Å². The fourth-order valence-corrected chi connectivity index (χ4v) is 4.64. The van der Waals surface area contributed by atoms with Crippen LogP contribution in [0.2, 0.25) is 0 Å². The van der Waals surface area contributed by atoms with E-state index in [1.165, 1.54) is 31.8 Å². The fourth-order valence-electron chi connectivity index (χ4n) is 3.38. The van der Waals surface area contributed by atoms with E-state index in [9.17, 15) is 0 Å². The van der Waals surface area contributed by atoms with Crippen molar-refractivity contribution in [1.82, 2.24) is 14.9 Å². The van der Waals surface area contributed by atoms with Gasteiger partial charge in [0.15, 0.2) is 0 Å². The average Bonchev–Trinajstić information content (AvgIpc) is 2.90. The van der Waals surface area contributed by atoms with Crippen molar-refractivity contribution in [2.75, 3.05) is 6.54 Å². The first kappa shape index (κ1) is 15.7. The third kappa shape index (κ3) is 2.85. The Morgan fingerprint density at radius 2 is 2.08 bits per heavy atom. The molecular weight excluding hydrogens is 314 g/mol. The summed E-state index contributed by atoms with van der Waals surface area (Å²) in [7, 11) is 0. The maximum Gasteiger partial charge on any atom is 0.131 e. The summed E-state index contributed by atoms with van der Waals surface area (Å²) in [4.78, 5) is 13.3. The highest BCUT2D eigenvalue weighted by Gasteiger charge is 2.20. The van der Waals surface area contributed by atoms with Gasteiger partial charge in [0, 0.05) is 59.0 Å². The Hall–Kier alpha value is -1.78. The number of fused-ring (bicyclic) bond motifs is 2. The minimum absolute atomic E-state index is 0.398. The van der Waals surface area contributed by atoms with Crippen molar-refractivity contribution >= 4 is 21.4 Å². The van der Waals surface area contributed by atoms with Crippen molar-refractivity contribution in [3.63, 3.8) is 0 Å². The van der Waals surface area contributed by atoms with Crippen molar-refractivity contribution in [1.29, 1.82) is 0 Å². The van der Waals surface area contributed by atoms with E-state index in [-0.39, 0.29) is 0 Å². The van der Waals surface area contributed by atoms with Gasteiger partial charge in [0.25, 0.3) is 0 Å². The second kappa shape index (κ2) is 6.26. The number of hydrogen-bond acceptors (Lipinski definition) is 4. The first-order chi connectivity index (χ1) is 11.6. The lowest BCUT2D eigenvalue weighted by atomic mass is 10.1. The van der Waals surface area contributed by atoms with Gasteiger partial charge in [-0.05, 0) is 23.9 Å². The lowest BCUT2D eigenvalue weighted by Gasteiger charge is -2.28. The number of benzene rings is 1. The Morgan fingerprint density at radius 3 is 2.88 bits per heavy atom. The highest BCUT2D eigenvalue weighted by atomic mass is 32.1. The molecule has 4 heteroatoms. The molecule has 3 heterocycles. The van der Waals surface area contributed by atoms with Crippen molar-refractivity contribution in [2.45, 2.75) is 46.2 Å². The zero-order valence-electron chi connectivity index (χ0n) is 14.5. The molecule has 2 aromatic heterocycles. The van der Waals surface area contributed by atoms with Crippen molar-refractivity contribution in [2.24, 2.45) is 0 Å². The molecule has 0 saturated carbocycles. The number of hydrogen-bond donors (Lipinski definition) is 0. The summed E-state index contributed by atoms with van der Waals surface area (Å²) in [5.74, 6) is 1.37. The number of aryl methyl sites for hydroxylation is 1. The quantitative estimate of drug-likeness (QED) is 0.695. The van der Waals surface area contributed by atoms with Gasteiger partial charge in [-0.3, -0.25) is 4.90 Å². The molecule has 24 heavy (non-hydrogen) atoms. The Kier molecular flexibility index (Phi) is 4.10. The first-order valence-corrected chi connectivity index (χ1v) is 9.47. The van der Waals surface area contributed by atoms with Gasteiger partial charge in [-0.15, -0.1) is 11.3 Å². The van der Waals surface area contributed by atoms with Gasteiger partial charge < -0.3 is 0 Å². The molecule has 0 spiro atoms. The molecule has 0 aliphatic carbocycles. The van der Waals surface area contributed by atoms with Crippen LogP contribution >= 0.6 is 11.3 Å². The molecule has 0 saturated heterocycles. The lowest BCUT2D eigenvalue weighted by molar-refractivity contribution is 0.244. The zero-order valence-corrected chi connectivity index (χ0v) is 15.4. The third-order valence-electron chi connectivity index (χ3n) is 4.86. The van der Waals surface area contributed by atoms with Crippen LogP contribution in [-0.2, 0) is 19.5 Å². The fraction of sp³-hybridized carbons (Fsp3) is 0.400. The summed E-state index contributed by atoms with van der Waals surface area (Å²) in [6, 6.07) is 8.72. The summed E-state index contributed by atoms with van der Waals surface area (Å²) in [5.41, 5.74) is 3.98. The van der Waals surface area contributed by atoms with Gasteiger partial charge in [0.05, 0.1) is 0 Å². The maximum atomic E-state index is 4.77. The largest absolute Gasteiger partial charge is 0.293 e. The van der Waals surface area contributed by atoms with E-state index >= 15 is 0 Å². The van der Waals surface area contributed by atoms with E-state index in [0.29, 0.717) is 5.92 Å². The lowest BCUT2D eigenvalue weighted by Crippen LogP contribution is -2.31. The van der Waals surface area contributed by atoms with Gasteiger partial charge >= 0.3 is 0 Å². The molecule has 3 nitrogen and oxygen atoms in total. The second-order valence-electron chi connectivity index (χ2n) is 6.96. The molecule has 0 fully saturated rings. The number of nitrogens with zero attached hydrogens (tertiary/aromatic N) is 3. The topological polar surface area (TPSA) is 29.0 Å². The number of aromatic nitrogens is 2. The van der Waals surface area contributed by atoms with Crippen LogP contribution in [0, 0.1) is 6.92 Å². The monoisotopic (exact) mass is 337 g/mol. The molecule has 0 amide bonds. The first-order valence-electron chi connectivity index (χ1n) is 8.66. The maximum absolute atomic E-state index is 4.77. The Morgan fingerprint density at radius 1 is 1.25 bits per heavy atom. The van der Waals surface area contributed by atoms with E-state index in [4.69, 9.17) is 4.98 Å². The molecule has 1 aliphatic heterocycles. The van der Waals surface area contributed by atoms with E-state index in [1.54, 1.807) is 0 Å². The molecule has 0 bridgehead atoms. The normalized spacial score (nSPS) is 15.2. The standard InChI is InChI=1S/C20H23N3S/c1-13(2)20-21-10-15-11-23(9-8-17(15)22-20)12-19-14(3)16-6-4-5-7-18(16)24-19/h4-7,10,13H,8-9,11-12H2,1-3H3. The van der Waals surface area contributed by atoms with E-state index in [0.717, 1.165) is 31.9 Å². The summed E-state index contributed by atoms with van der Waals surface area (Å²) < 4.78 is 1.40. The van der Waals surface area contributed by atoms with Crippen LogP contribution in [0.5, 0.6) is 0 Å². The van der Waals surface area contributed by atoms with Gasteiger partial charge in [-0.2, -0.15) is 0 Å². The van der Waals surface area contributed by atoms with Gasteiger partial charge in [0.1, 0.15) is 5.82 Å². The molecule has 0 unspecified atom stereocenters. The molecular formula is C20H23N3S. The van der Waals surface area contributed by atoms with E-state index in [2.05, 4.69) is 54.9 Å². The Bertz CT molecular complexity index is 882. The summed E-state index contributed by atoms with van der Waals surface area (Å²) in [6.07, 6.45) is 3.07. The second-order valence-corrected chi connectivity index (χ2v) is 8.10. The Balaban J connectivity index is 1.55. The third-order valence-corrected chi connectivity index (χ3v) is 6.12. The molecule has 0 N–H and O–H groups in total. The molecule has 0 radical (unpaired) electrons. The molecule has 0 atom stereocenters. The molecule has 4 rings (SSSR count). The van der Waals surface area contributed by atoms with Crippen molar-refractivity contribution in [3.8, 4) is 0 Å². The molecule has 124 valence electrons. The van der Waals surface area contributed by atoms with Crippen LogP contribution in [-0.4, -0.2) is 21.4 Å². The molecule has 1 aromatic carbocycles. The van der Waals surface area contributed by atoms with Crippen molar-refractivity contribution in [3.05, 3.63) is 58.0 Å². The predicted molar refractivity (Wildman–Crippen MR) is 101 cm³/mol. The minimum Gasteiger partial charge on any atom is -0.293 e. The smallest absolute Gasteiger partial charge is 0.131 e. The summed E-state index contributed by atoms with van der Waals surface area (Å²) >= 11 is 1.93. The van der Waals surface area contributed by atoms with E-state index in [1.807, 2.05) is 17.5 Å². The zero-order chi connectivity index (χ0) is 16.7. The van der Waals surface area contributed by atoms with Crippen LogP contribution in [0.25, 0.3) is 10.1 Å². The SMILES string of the molecule is Cc1c(CN2CCc3nc(C(C)C)ncc3C2)sc2ccccc12. The van der Waals surface area contributed by atoms with Crippen LogP contribution in [0.4, 0.5) is 0 Å².